The summed E-state index contributed by atoms with van der Waals surface area (Å²) in [4.78, 5) is 12.0. The van der Waals surface area contributed by atoms with Crippen LogP contribution in [-0.2, 0) is 16.1 Å². The SMILES string of the molecule is C#Cc1ccc(COC(=O)[C@@H]2[C@@H](/C=C\C)C2(C)C)o1. The maximum Gasteiger partial charge on any atom is 0.310 e. The number of allylic oxidation sites excluding steroid dienone is 2. The van der Waals surface area contributed by atoms with E-state index in [0.717, 1.165) is 0 Å². The van der Waals surface area contributed by atoms with E-state index in [1.807, 2.05) is 13.0 Å². The van der Waals surface area contributed by atoms with E-state index in [1.54, 1.807) is 12.1 Å². The predicted molar refractivity (Wildman–Crippen MR) is 72.0 cm³/mol. The fraction of sp³-hybridized carbons (Fsp3) is 0.438. The Morgan fingerprint density at radius 3 is 2.89 bits per heavy atom. The summed E-state index contributed by atoms with van der Waals surface area (Å²) in [6.45, 7) is 6.25. The van der Waals surface area contributed by atoms with Crippen molar-refractivity contribution in [3.63, 3.8) is 0 Å². The number of furan rings is 1. The summed E-state index contributed by atoms with van der Waals surface area (Å²) in [5.41, 5.74) is -0.0171. The Morgan fingerprint density at radius 2 is 2.32 bits per heavy atom. The smallest absolute Gasteiger partial charge is 0.310 e. The highest BCUT2D eigenvalue weighted by molar-refractivity contribution is 5.78. The van der Waals surface area contributed by atoms with E-state index in [2.05, 4.69) is 25.8 Å². The minimum absolute atomic E-state index is 0.0171. The molecule has 0 spiro atoms. The summed E-state index contributed by atoms with van der Waals surface area (Å²) in [5, 5.41) is 0. The van der Waals surface area contributed by atoms with Crippen molar-refractivity contribution >= 4 is 5.97 Å². The number of hydrogen-bond acceptors (Lipinski definition) is 3. The highest BCUT2D eigenvalue weighted by Gasteiger charge is 2.61. The van der Waals surface area contributed by atoms with E-state index in [-0.39, 0.29) is 29.8 Å². The minimum Gasteiger partial charge on any atom is -0.457 e. The molecule has 0 aliphatic heterocycles. The highest BCUT2D eigenvalue weighted by atomic mass is 16.5. The van der Waals surface area contributed by atoms with Gasteiger partial charge in [-0.3, -0.25) is 4.79 Å². The summed E-state index contributed by atoms with van der Waals surface area (Å²) in [7, 11) is 0. The van der Waals surface area contributed by atoms with Crippen LogP contribution in [0.3, 0.4) is 0 Å². The van der Waals surface area contributed by atoms with E-state index >= 15 is 0 Å². The molecule has 0 N–H and O–H groups in total. The van der Waals surface area contributed by atoms with Gasteiger partial charge in [0.05, 0.1) is 5.92 Å². The fourth-order valence-electron chi connectivity index (χ4n) is 2.46. The van der Waals surface area contributed by atoms with Crippen molar-refractivity contribution in [2.75, 3.05) is 0 Å². The zero-order valence-corrected chi connectivity index (χ0v) is 11.5. The molecule has 1 aromatic rings. The van der Waals surface area contributed by atoms with Gasteiger partial charge in [-0.05, 0) is 36.3 Å². The lowest BCUT2D eigenvalue weighted by Gasteiger charge is -2.03. The first kappa shape index (κ1) is 13.5. The molecular formula is C16H18O3. The molecule has 2 rings (SSSR count). The third-order valence-electron chi connectivity index (χ3n) is 3.73. The van der Waals surface area contributed by atoms with Crippen molar-refractivity contribution in [2.45, 2.75) is 27.4 Å². The molecule has 3 nitrogen and oxygen atoms in total. The number of rotatable bonds is 4. The summed E-state index contributed by atoms with van der Waals surface area (Å²) in [6, 6.07) is 3.41. The second-order valence-electron chi connectivity index (χ2n) is 5.37. The Morgan fingerprint density at radius 1 is 1.58 bits per heavy atom. The van der Waals surface area contributed by atoms with Gasteiger partial charge < -0.3 is 9.15 Å². The van der Waals surface area contributed by atoms with E-state index in [9.17, 15) is 4.79 Å². The summed E-state index contributed by atoms with van der Waals surface area (Å²) >= 11 is 0. The molecule has 1 saturated carbocycles. The van der Waals surface area contributed by atoms with Crippen molar-refractivity contribution < 1.29 is 13.9 Å². The molecule has 1 heterocycles. The normalized spacial score (nSPS) is 24.1. The third kappa shape index (κ3) is 2.58. The molecule has 2 atom stereocenters. The molecule has 0 saturated heterocycles. The van der Waals surface area contributed by atoms with Crippen molar-refractivity contribution in [1.82, 2.24) is 0 Å². The fourth-order valence-corrected chi connectivity index (χ4v) is 2.46. The highest BCUT2D eigenvalue weighted by Crippen LogP contribution is 2.59. The van der Waals surface area contributed by atoms with E-state index in [0.29, 0.717) is 11.5 Å². The van der Waals surface area contributed by atoms with Crippen LogP contribution in [0.5, 0.6) is 0 Å². The van der Waals surface area contributed by atoms with E-state index < -0.39 is 0 Å². The van der Waals surface area contributed by atoms with Crippen LogP contribution in [0.25, 0.3) is 0 Å². The van der Waals surface area contributed by atoms with Crippen molar-refractivity contribution in [2.24, 2.45) is 17.3 Å². The Bertz CT molecular complexity index is 543. The van der Waals surface area contributed by atoms with Gasteiger partial charge in [-0.15, -0.1) is 6.42 Å². The lowest BCUT2D eigenvalue weighted by atomic mass is 10.1. The predicted octanol–water partition coefficient (Wildman–Crippen LogP) is 3.15. The summed E-state index contributed by atoms with van der Waals surface area (Å²) in [5.74, 6) is 3.44. The van der Waals surface area contributed by atoms with Gasteiger partial charge in [0.1, 0.15) is 12.4 Å². The Kier molecular flexibility index (Phi) is 3.53. The molecule has 0 radical (unpaired) electrons. The molecule has 100 valence electrons. The van der Waals surface area contributed by atoms with Crippen LogP contribution in [0.15, 0.2) is 28.7 Å². The second-order valence-corrected chi connectivity index (χ2v) is 5.37. The Hall–Kier alpha value is -1.95. The standard InChI is InChI=1S/C16H18O3/c1-5-7-13-14(16(13,3)4)15(17)18-10-12-9-8-11(6-2)19-12/h2,5,7-9,13-14H,10H2,1,3-4H3/b7-5-/t13-,14+/m1/s1. The quantitative estimate of drug-likeness (QED) is 0.473. The molecule has 0 aromatic carbocycles. The molecule has 19 heavy (non-hydrogen) atoms. The first-order valence-corrected chi connectivity index (χ1v) is 6.35. The van der Waals surface area contributed by atoms with Gasteiger partial charge in [0.15, 0.2) is 5.76 Å². The zero-order chi connectivity index (χ0) is 14.0. The van der Waals surface area contributed by atoms with Crippen LogP contribution in [0.1, 0.15) is 32.3 Å². The summed E-state index contributed by atoms with van der Waals surface area (Å²) in [6.07, 6.45) is 9.25. The maximum atomic E-state index is 12.0. The molecule has 0 unspecified atom stereocenters. The van der Waals surface area contributed by atoms with Crippen LogP contribution in [-0.4, -0.2) is 5.97 Å². The minimum atomic E-state index is -0.174. The first-order chi connectivity index (χ1) is 9.00. The maximum absolute atomic E-state index is 12.0. The zero-order valence-electron chi connectivity index (χ0n) is 11.5. The summed E-state index contributed by atoms with van der Waals surface area (Å²) < 4.78 is 10.6. The number of terminal acetylenes is 1. The van der Waals surface area contributed by atoms with Gasteiger partial charge in [0.2, 0.25) is 0 Å². The topological polar surface area (TPSA) is 39.4 Å². The molecule has 1 fully saturated rings. The monoisotopic (exact) mass is 258 g/mol. The Labute approximate surface area is 113 Å². The lowest BCUT2D eigenvalue weighted by Crippen LogP contribution is -2.10. The van der Waals surface area contributed by atoms with Crippen molar-refractivity contribution in [3.05, 3.63) is 35.8 Å². The van der Waals surface area contributed by atoms with Crippen LogP contribution in [0, 0.1) is 29.6 Å². The second kappa shape index (κ2) is 4.97. The van der Waals surface area contributed by atoms with Crippen LogP contribution in [0.4, 0.5) is 0 Å². The molecule has 1 aliphatic rings. The van der Waals surface area contributed by atoms with Crippen LogP contribution in [0.2, 0.25) is 0 Å². The van der Waals surface area contributed by atoms with E-state index in [1.165, 1.54) is 0 Å². The lowest BCUT2D eigenvalue weighted by molar-refractivity contribution is -0.148. The van der Waals surface area contributed by atoms with Crippen molar-refractivity contribution in [1.29, 1.82) is 0 Å². The largest absolute Gasteiger partial charge is 0.457 e. The van der Waals surface area contributed by atoms with Gasteiger partial charge >= 0.3 is 5.97 Å². The van der Waals surface area contributed by atoms with E-state index in [4.69, 9.17) is 15.6 Å². The van der Waals surface area contributed by atoms with Crippen LogP contribution >= 0.6 is 0 Å². The third-order valence-corrected chi connectivity index (χ3v) is 3.73. The van der Waals surface area contributed by atoms with Gasteiger partial charge in [0.25, 0.3) is 0 Å². The molecule has 1 aliphatic carbocycles. The van der Waals surface area contributed by atoms with Gasteiger partial charge in [-0.2, -0.15) is 0 Å². The molecule has 0 bridgehead atoms. The molecule has 1 aromatic heterocycles. The number of carbonyl (C=O) groups is 1. The number of esters is 1. The average molecular weight is 258 g/mol. The Balaban J connectivity index is 1.91. The van der Waals surface area contributed by atoms with Gasteiger partial charge in [-0.1, -0.05) is 26.0 Å². The molecule has 0 amide bonds. The van der Waals surface area contributed by atoms with Crippen LogP contribution < -0.4 is 0 Å². The average Bonchev–Trinajstić information content (AvgIpc) is 2.77. The first-order valence-electron chi connectivity index (χ1n) is 6.35. The molecule has 3 heteroatoms. The number of carbonyl (C=O) groups excluding carboxylic acids is 1. The number of ether oxygens (including phenoxy) is 1. The van der Waals surface area contributed by atoms with Crippen molar-refractivity contribution in [3.8, 4) is 12.3 Å². The molecular weight excluding hydrogens is 240 g/mol. The number of hydrogen-bond donors (Lipinski definition) is 0. The van der Waals surface area contributed by atoms with Gasteiger partial charge in [-0.25, -0.2) is 0 Å². The van der Waals surface area contributed by atoms with Gasteiger partial charge in [0, 0.05) is 0 Å².